The first-order valence-corrected chi connectivity index (χ1v) is 22.3. The molecule has 2 aliphatic carbocycles. The highest BCUT2D eigenvalue weighted by atomic mass is 32.1. The lowest BCUT2D eigenvalue weighted by atomic mass is 9.70. The molecule has 0 amide bonds. The molecule has 64 heavy (non-hydrogen) atoms. The zero-order valence-electron chi connectivity index (χ0n) is 34.3. The van der Waals surface area contributed by atoms with Crippen molar-refractivity contribution in [2.45, 2.75) is 5.41 Å². The van der Waals surface area contributed by atoms with Crippen LogP contribution in [0, 0.1) is 11.3 Å². The predicted molar refractivity (Wildman–Crippen MR) is 261 cm³/mol. The van der Waals surface area contributed by atoms with Gasteiger partial charge in [-0.1, -0.05) is 176 Å². The number of benzene rings is 9. The lowest BCUT2D eigenvalue weighted by molar-refractivity contribution is 0.794. The molecular formula is C59H34N4S. The summed E-state index contributed by atoms with van der Waals surface area (Å²) in [5, 5.41) is 11.7. The van der Waals surface area contributed by atoms with E-state index in [1.54, 1.807) is 11.3 Å². The maximum atomic E-state index is 9.54. The van der Waals surface area contributed by atoms with E-state index in [4.69, 9.17) is 15.0 Å². The van der Waals surface area contributed by atoms with Gasteiger partial charge in [-0.25, -0.2) is 15.0 Å². The average Bonchev–Trinajstić information content (AvgIpc) is 4.00. The minimum atomic E-state index is -0.376. The Morgan fingerprint density at radius 1 is 0.359 bits per heavy atom. The Balaban J connectivity index is 0.891. The highest BCUT2D eigenvalue weighted by Gasteiger charge is 2.51. The van der Waals surface area contributed by atoms with Gasteiger partial charge in [0.1, 0.15) is 0 Å². The van der Waals surface area contributed by atoms with Crippen LogP contribution in [-0.2, 0) is 5.41 Å². The molecule has 0 saturated heterocycles. The van der Waals surface area contributed by atoms with Crippen molar-refractivity contribution in [3.63, 3.8) is 0 Å². The Labute approximate surface area is 374 Å². The summed E-state index contributed by atoms with van der Waals surface area (Å²) in [5.41, 5.74) is 18.2. The molecule has 11 aromatic rings. The van der Waals surface area contributed by atoms with Gasteiger partial charge in [-0.15, -0.1) is 11.3 Å². The highest BCUT2D eigenvalue weighted by Crippen LogP contribution is 2.64. The summed E-state index contributed by atoms with van der Waals surface area (Å²) in [5.74, 6) is 1.84. The summed E-state index contributed by atoms with van der Waals surface area (Å²) in [6.45, 7) is 0. The minimum Gasteiger partial charge on any atom is -0.208 e. The lowest BCUT2D eigenvalue weighted by Gasteiger charge is -2.30. The van der Waals surface area contributed by atoms with Crippen molar-refractivity contribution in [1.82, 2.24) is 15.0 Å². The maximum absolute atomic E-state index is 9.54. The normalized spacial score (nSPS) is 12.8. The fraction of sp³-hybridized carbons (Fsp3) is 0.0169. The molecule has 0 unspecified atom stereocenters. The molecule has 5 heteroatoms. The first-order chi connectivity index (χ1) is 31.7. The van der Waals surface area contributed by atoms with Gasteiger partial charge in [0.25, 0.3) is 0 Å². The second-order valence-electron chi connectivity index (χ2n) is 16.6. The van der Waals surface area contributed by atoms with Crippen LogP contribution in [-0.4, -0.2) is 15.0 Å². The molecule has 0 bridgehead atoms. The number of hydrogen-bond acceptors (Lipinski definition) is 5. The topological polar surface area (TPSA) is 62.5 Å². The summed E-state index contributed by atoms with van der Waals surface area (Å²) in [4.78, 5) is 15.2. The van der Waals surface area contributed by atoms with Crippen molar-refractivity contribution >= 4 is 31.5 Å². The Morgan fingerprint density at radius 2 is 0.891 bits per heavy atom. The lowest BCUT2D eigenvalue weighted by Crippen LogP contribution is -2.25. The summed E-state index contributed by atoms with van der Waals surface area (Å²) in [6, 6.07) is 75.9. The van der Waals surface area contributed by atoms with E-state index in [-0.39, 0.29) is 5.41 Å². The first kappa shape index (κ1) is 36.4. The number of rotatable bonds is 5. The van der Waals surface area contributed by atoms with Crippen molar-refractivity contribution in [3.05, 3.63) is 234 Å². The van der Waals surface area contributed by atoms with Gasteiger partial charge in [0, 0.05) is 36.9 Å². The molecule has 9 aromatic carbocycles. The standard InChI is InChI=1S/C59H34N4S/c60-35-36-24-31-53-48(32-36)46-30-29-42(34-54(46)64-53)58-62-56(39-12-2-1-3-13-39)61-57(63-58)41-15-10-14-40(33-41)37-25-27-38(28-26-37)43-19-11-23-52-55(43)47-18-6-9-22-51(47)59(52)49-20-7-4-16-44(49)45-17-5-8-21-50(45)59/h1-34H. The molecule has 0 atom stereocenters. The second-order valence-corrected chi connectivity index (χ2v) is 17.7. The molecule has 0 saturated carbocycles. The molecule has 296 valence electrons. The van der Waals surface area contributed by atoms with Gasteiger partial charge in [0.15, 0.2) is 17.5 Å². The third kappa shape index (κ3) is 5.37. The van der Waals surface area contributed by atoms with Crippen molar-refractivity contribution in [2.75, 3.05) is 0 Å². The van der Waals surface area contributed by atoms with Gasteiger partial charge in [-0.3, -0.25) is 0 Å². The summed E-state index contributed by atoms with van der Waals surface area (Å²) in [7, 11) is 0. The van der Waals surface area contributed by atoms with Gasteiger partial charge in [-0.05, 0) is 97.1 Å². The number of nitriles is 1. The van der Waals surface area contributed by atoms with Crippen LogP contribution in [0.5, 0.6) is 0 Å². The minimum absolute atomic E-state index is 0.376. The third-order valence-electron chi connectivity index (χ3n) is 13.2. The van der Waals surface area contributed by atoms with Crippen LogP contribution in [0.2, 0.25) is 0 Å². The van der Waals surface area contributed by atoms with E-state index in [0.29, 0.717) is 23.0 Å². The van der Waals surface area contributed by atoms with Gasteiger partial charge in [0.05, 0.1) is 17.0 Å². The van der Waals surface area contributed by atoms with Crippen LogP contribution in [0.3, 0.4) is 0 Å². The van der Waals surface area contributed by atoms with Crippen molar-refractivity contribution < 1.29 is 0 Å². The van der Waals surface area contributed by atoms with Crippen LogP contribution in [0.15, 0.2) is 206 Å². The van der Waals surface area contributed by atoms with Crippen LogP contribution in [0.1, 0.15) is 27.8 Å². The molecule has 4 nitrogen and oxygen atoms in total. The maximum Gasteiger partial charge on any atom is 0.164 e. The molecule has 0 N–H and O–H groups in total. The third-order valence-corrected chi connectivity index (χ3v) is 14.3. The molecular weight excluding hydrogens is 797 g/mol. The monoisotopic (exact) mass is 830 g/mol. The molecule has 0 aliphatic heterocycles. The summed E-state index contributed by atoms with van der Waals surface area (Å²) in [6.07, 6.45) is 0. The fourth-order valence-corrected chi connectivity index (χ4v) is 11.5. The van der Waals surface area contributed by atoms with Crippen LogP contribution < -0.4 is 0 Å². The van der Waals surface area contributed by atoms with Gasteiger partial charge < -0.3 is 0 Å². The van der Waals surface area contributed by atoms with Crippen LogP contribution in [0.4, 0.5) is 0 Å². The van der Waals surface area contributed by atoms with E-state index in [9.17, 15) is 5.26 Å². The smallest absolute Gasteiger partial charge is 0.164 e. The van der Waals surface area contributed by atoms with E-state index in [0.717, 1.165) is 48.0 Å². The first-order valence-electron chi connectivity index (χ1n) is 21.5. The quantitative estimate of drug-likeness (QED) is 0.173. The molecule has 2 heterocycles. The van der Waals surface area contributed by atoms with Gasteiger partial charge in [-0.2, -0.15) is 5.26 Å². The van der Waals surface area contributed by atoms with Crippen molar-refractivity contribution in [3.8, 4) is 84.7 Å². The number of nitrogens with zero attached hydrogens (tertiary/aromatic N) is 4. The highest BCUT2D eigenvalue weighted by molar-refractivity contribution is 7.25. The Kier molecular flexibility index (Phi) is 8.02. The second kappa shape index (κ2) is 14.1. The summed E-state index contributed by atoms with van der Waals surface area (Å²) >= 11 is 1.71. The van der Waals surface area contributed by atoms with E-state index < -0.39 is 0 Å². The Bertz CT molecular complexity index is 3700. The fourth-order valence-electron chi connectivity index (χ4n) is 10.4. The number of fused-ring (bicyclic) bond motifs is 13. The Hall–Kier alpha value is -8.30. The van der Waals surface area contributed by atoms with Crippen LogP contribution >= 0.6 is 11.3 Å². The molecule has 1 spiro atoms. The SMILES string of the molecule is N#Cc1ccc2sc3cc(-c4nc(-c5ccccc5)nc(-c5cccc(-c6ccc(-c7cccc8c7-c7ccccc7C87c8ccccc8-c8ccccc87)cc6)c5)n4)ccc3c2c1. The predicted octanol–water partition coefficient (Wildman–Crippen LogP) is 14.8. The van der Waals surface area contributed by atoms with Crippen molar-refractivity contribution in [1.29, 1.82) is 5.26 Å². The number of aromatic nitrogens is 3. The van der Waals surface area contributed by atoms with Gasteiger partial charge in [0.2, 0.25) is 0 Å². The zero-order valence-corrected chi connectivity index (χ0v) is 35.1. The molecule has 13 rings (SSSR count). The summed E-state index contributed by atoms with van der Waals surface area (Å²) < 4.78 is 2.26. The average molecular weight is 831 g/mol. The van der Waals surface area contributed by atoms with E-state index in [2.05, 4.69) is 164 Å². The molecule has 0 radical (unpaired) electrons. The zero-order chi connectivity index (χ0) is 42.4. The van der Waals surface area contributed by atoms with Crippen LogP contribution in [0.25, 0.3) is 98.8 Å². The van der Waals surface area contributed by atoms with E-state index >= 15 is 0 Å². The molecule has 0 fully saturated rings. The number of thiophene rings is 1. The largest absolute Gasteiger partial charge is 0.208 e. The van der Waals surface area contributed by atoms with E-state index in [1.165, 1.54) is 55.6 Å². The van der Waals surface area contributed by atoms with Gasteiger partial charge >= 0.3 is 0 Å². The molecule has 2 aromatic heterocycles. The number of hydrogen-bond donors (Lipinski definition) is 0. The van der Waals surface area contributed by atoms with Crippen molar-refractivity contribution in [2.24, 2.45) is 0 Å². The molecule has 2 aliphatic rings. The van der Waals surface area contributed by atoms with E-state index in [1.807, 2.05) is 48.5 Å². The Morgan fingerprint density at radius 3 is 1.61 bits per heavy atom.